The van der Waals surface area contributed by atoms with E-state index in [0.29, 0.717) is 11.7 Å². The minimum Gasteiger partial charge on any atom is -0.491 e. The minimum absolute atomic E-state index is 0.00450. The third-order valence-electron chi connectivity index (χ3n) is 5.55. The Kier molecular flexibility index (Phi) is 11.4. The predicted octanol–water partition coefficient (Wildman–Crippen LogP) is 5.49. The first-order valence-electron chi connectivity index (χ1n) is 11.4. The molecule has 0 aromatic heterocycles. The molecule has 0 radical (unpaired) electrons. The van der Waals surface area contributed by atoms with Gasteiger partial charge < -0.3 is 14.8 Å². The van der Waals surface area contributed by atoms with Crippen LogP contribution in [-0.4, -0.2) is 31.1 Å². The Bertz CT molecular complexity index is 732. The Morgan fingerprint density at radius 1 is 1.26 bits per heavy atom. The smallest absolute Gasteiger partial charge is 0.308 e. The zero-order valence-electron chi connectivity index (χ0n) is 20.5. The van der Waals surface area contributed by atoms with Crippen LogP contribution in [0.25, 0.3) is 0 Å². The molecule has 0 bridgehead atoms. The number of methoxy groups -OCH3 is 1. The number of amides is 1. The summed E-state index contributed by atoms with van der Waals surface area (Å²) in [7, 11) is 1.51. The van der Waals surface area contributed by atoms with Crippen LogP contribution in [0.15, 0.2) is 47.3 Å². The van der Waals surface area contributed by atoms with E-state index in [1.54, 1.807) is 6.08 Å². The lowest BCUT2D eigenvalue weighted by Crippen LogP contribution is -2.39. The van der Waals surface area contributed by atoms with Gasteiger partial charge in [-0.05, 0) is 57.9 Å². The van der Waals surface area contributed by atoms with E-state index in [1.807, 2.05) is 33.8 Å². The fraction of sp³-hybridized carbons (Fsp3) is 0.615. The lowest BCUT2D eigenvalue weighted by molar-refractivity contribution is -0.168. The van der Waals surface area contributed by atoms with Gasteiger partial charge in [-0.25, -0.2) is 0 Å². The summed E-state index contributed by atoms with van der Waals surface area (Å²) >= 11 is 0. The van der Waals surface area contributed by atoms with Crippen molar-refractivity contribution in [1.29, 1.82) is 0 Å². The molecular formula is C26H41NO4. The Hall–Kier alpha value is -2.30. The molecule has 5 atom stereocenters. The number of esters is 1. The molecule has 1 amide bonds. The normalized spacial score (nSPS) is 25.2. The van der Waals surface area contributed by atoms with Gasteiger partial charge in [-0.3, -0.25) is 9.59 Å². The molecule has 0 unspecified atom stereocenters. The fourth-order valence-electron chi connectivity index (χ4n) is 4.06. The average Bonchev–Trinajstić information content (AvgIpc) is 2.68. The van der Waals surface area contributed by atoms with Crippen molar-refractivity contribution in [2.24, 2.45) is 17.8 Å². The van der Waals surface area contributed by atoms with Crippen molar-refractivity contribution in [3.8, 4) is 0 Å². The molecule has 1 saturated heterocycles. The number of nitrogens with one attached hydrogen (secondary N) is 1. The molecule has 1 N–H and O–H groups in total. The first-order chi connectivity index (χ1) is 14.6. The van der Waals surface area contributed by atoms with Crippen LogP contribution in [-0.2, 0) is 19.1 Å². The predicted molar refractivity (Wildman–Crippen MR) is 126 cm³/mol. The number of carbonyl (C=O) groups excluding carboxylic acids is 2. The molecule has 1 rings (SSSR count). The van der Waals surface area contributed by atoms with Crippen LogP contribution in [0.1, 0.15) is 67.7 Å². The minimum atomic E-state index is -0.206. The maximum Gasteiger partial charge on any atom is 0.308 e. The summed E-state index contributed by atoms with van der Waals surface area (Å²) in [5, 5.41) is 2.93. The summed E-state index contributed by atoms with van der Waals surface area (Å²) in [6.07, 6.45) is 12.6. The van der Waals surface area contributed by atoms with Crippen molar-refractivity contribution in [3.05, 3.63) is 47.3 Å². The van der Waals surface area contributed by atoms with Gasteiger partial charge >= 0.3 is 5.97 Å². The Balaban J connectivity index is 2.61. The van der Waals surface area contributed by atoms with E-state index in [4.69, 9.17) is 9.47 Å². The Morgan fingerprint density at radius 2 is 1.94 bits per heavy atom. The van der Waals surface area contributed by atoms with E-state index < -0.39 is 0 Å². The summed E-state index contributed by atoms with van der Waals surface area (Å²) in [4.78, 5) is 24.1. The Labute approximate surface area is 188 Å². The standard InChI is InChI=1S/C26H41NO4/c1-9-11-23(30-8)25(28)27-22(7)15-18(3)14-17(2)12-10-13-19(4)24-20(5)16-21(6)26(29)31-24/h10-12,14-15,19-22,24H,9,13,16H2,1-8H3,(H,27,28)/b12-10+,17-14?,18-15?,23-11?/t19-,20-,21+,22-,24+/m0/s1. The van der Waals surface area contributed by atoms with Gasteiger partial charge in [-0.1, -0.05) is 63.1 Å². The van der Waals surface area contributed by atoms with E-state index in [2.05, 4.69) is 44.3 Å². The van der Waals surface area contributed by atoms with Gasteiger partial charge in [0.1, 0.15) is 6.10 Å². The number of rotatable bonds is 10. The molecule has 1 aliphatic rings. The first-order valence-corrected chi connectivity index (χ1v) is 11.4. The molecule has 31 heavy (non-hydrogen) atoms. The van der Waals surface area contributed by atoms with E-state index in [0.717, 1.165) is 30.4 Å². The molecule has 174 valence electrons. The van der Waals surface area contributed by atoms with Crippen molar-refractivity contribution in [2.45, 2.75) is 79.9 Å². The monoisotopic (exact) mass is 431 g/mol. The maximum atomic E-state index is 12.2. The van der Waals surface area contributed by atoms with Gasteiger partial charge in [0.15, 0.2) is 5.76 Å². The topological polar surface area (TPSA) is 64.6 Å². The second-order valence-corrected chi connectivity index (χ2v) is 8.87. The van der Waals surface area contributed by atoms with Gasteiger partial charge in [0.05, 0.1) is 13.0 Å². The third kappa shape index (κ3) is 9.16. The van der Waals surface area contributed by atoms with E-state index >= 15 is 0 Å². The van der Waals surface area contributed by atoms with Gasteiger partial charge in [0.2, 0.25) is 0 Å². The van der Waals surface area contributed by atoms with Crippen LogP contribution >= 0.6 is 0 Å². The number of carbonyl (C=O) groups is 2. The number of hydrogen-bond donors (Lipinski definition) is 1. The van der Waals surface area contributed by atoms with Crippen LogP contribution in [0.4, 0.5) is 0 Å². The summed E-state index contributed by atoms with van der Waals surface area (Å²) < 4.78 is 10.8. The maximum absolute atomic E-state index is 12.2. The van der Waals surface area contributed by atoms with Gasteiger partial charge in [-0.15, -0.1) is 0 Å². The van der Waals surface area contributed by atoms with Crippen LogP contribution in [0.3, 0.4) is 0 Å². The van der Waals surface area contributed by atoms with Crippen molar-refractivity contribution in [3.63, 3.8) is 0 Å². The first kappa shape index (κ1) is 26.7. The molecule has 0 saturated carbocycles. The van der Waals surface area contributed by atoms with Crippen molar-refractivity contribution in [1.82, 2.24) is 5.32 Å². The van der Waals surface area contributed by atoms with Crippen molar-refractivity contribution >= 4 is 11.9 Å². The van der Waals surface area contributed by atoms with Crippen LogP contribution < -0.4 is 5.32 Å². The summed E-state index contributed by atoms with van der Waals surface area (Å²) in [5.74, 6) is 0.748. The molecule has 1 fully saturated rings. The zero-order chi connectivity index (χ0) is 23.6. The zero-order valence-corrected chi connectivity index (χ0v) is 20.5. The highest BCUT2D eigenvalue weighted by molar-refractivity contribution is 5.91. The second-order valence-electron chi connectivity index (χ2n) is 8.87. The lowest BCUT2D eigenvalue weighted by atomic mass is 9.83. The number of hydrogen-bond acceptors (Lipinski definition) is 4. The molecule has 1 heterocycles. The Morgan fingerprint density at radius 3 is 2.55 bits per heavy atom. The van der Waals surface area contributed by atoms with E-state index in [1.165, 1.54) is 7.11 Å². The number of ether oxygens (including phenoxy) is 2. The highest BCUT2D eigenvalue weighted by Gasteiger charge is 2.35. The van der Waals surface area contributed by atoms with E-state index in [-0.39, 0.29) is 35.9 Å². The van der Waals surface area contributed by atoms with Gasteiger partial charge in [0.25, 0.3) is 5.91 Å². The molecule has 0 spiro atoms. The second kappa shape index (κ2) is 13.2. The molecular weight excluding hydrogens is 390 g/mol. The fourth-order valence-corrected chi connectivity index (χ4v) is 4.06. The average molecular weight is 432 g/mol. The quantitative estimate of drug-likeness (QED) is 0.215. The molecule has 1 aliphatic heterocycles. The third-order valence-corrected chi connectivity index (χ3v) is 5.55. The lowest BCUT2D eigenvalue weighted by Gasteiger charge is -2.35. The molecule has 0 aromatic carbocycles. The van der Waals surface area contributed by atoms with Gasteiger partial charge in [0, 0.05) is 6.04 Å². The largest absolute Gasteiger partial charge is 0.491 e. The van der Waals surface area contributed by atoms with Crippen LogP contribution in [0.2, 0.25) is 0 Å². The molecule has 0 aromatic rings. The van der Waals surface area contributed by atoms with Crippen molar-refractivity contribution < 1.29 is 19.1 Å². The van der Waals surface area contributed by atoms with E-state index in [9.17, 15) is 9.59 Å². The highest BCUT2D eigenvalue weighted by atomic mass is 16.5. The van der Waals surface area contributed by atoms with Crippen molar-refractivity contribution in [2.75, 3.05) is 7.11 Å². The molecule has 5 nitrogen and oxygen atoms in total. The summed E-state index contributed by atoms with van der Waals surface area (Å²) in [5.41, 5.74) is 2.20. The number of allylic oxidation sites excluding steroid dienone is 6. The van der Waals surface area contributed by atoms with Crippen LogP contribution in [0, 0.1) is 17.8 Å². The SMILES string of the molecule is CCC=C(OC)C(=O)N[C@@H](C)C=C(C)C=C(C)/C=C/C[C@H](C)[C@H]1OC(=O)[C@H](C)C[C@@H]1C. The number of cyclic esters (lactones) is 1. The summed E-state index contributed by atoms with van der Waals surface area (Å²) in [6.45, 7) is 14.2. The highest BCUT2D eigenvalue weighted by Crippen LogP contribution is 2.31. The van der Waals surface area contributed by atoms with Crippen LogP contribution in [0.5, 0.6) is 0 Å². The summed E-state index contributed by atoms with van der Waals surface area (Å²) in [6, 6.07) is -0.110. The molecule has 5 heteroatoms. The molecule has 0 aliphatic carbocycles. The van der Waals surface area contributed by atoms with Gasteiger partial charge in [-0.2, -0.15) is 0 Å².